The van der Waals surface area contributed by atoms with Crippen LogP contribution in [-0.2, 0) is 32.7 Å². The van der Waals surface area contributed by atoms with Gasteiger partial charge in [0.05, 0.1) is 19.3 Å². The normalized spacial score (nSPS) is 15.0. The standard InChI is InChI=1S/C43H70NO9P/c1-3-5-7-9-11-13-15-17-18-20-22-24-26-28-30-34-42(46)50-38-41(39-52-54(48,49)51-37-36-44)53-43(47)35-31-33-40(45)32-29-27-25-23-21-19-16-14-12-10-8-6-4-2/h6,8,11-14,17-19,21-22,24-25,27,29,32,40-41,45H,3-5,7,9-10,15-16,20,23,26,28,30-31,33-39,44H2,1-2H3,(H,48,49)/b8-6-,13-11-,14-12-,18-17-,21-19-,24-22-,27-25-,32-29+/t40?,41-/m1/s1. The van der Waals surface area contributed by atoms with Gasteiger partial charge in [-0.1, -0.05) is 124 Å². The smallest absolute Gasteiger partial charge is 0.462 e. The van der Waals surface area contributed by atoms with E-state index in [1.54, 1.807) is 12.2 Å². The molecule has 54 heavy (non-hydrogen) atoms. The number of hydrogen-bond donors (Lipinski definition) is 3. The lowest BCUT2D eigenvalue weighted by atomic mass is 10.1. The summed E-state index contributed by atoms with van der Waals surface area (Å²) < 4.78 is 32.5. The zero-order valence-corrected chi connectivity index (χ0v) is 33.9. The minimum absolute atomic E-state index is 0.0123. The van der Waals surface area contributed by atoms with Crippen LogP contribution >= 0.6 is 7.82 Å². The third-order valence-corrected chi connectivity index (χ3v) is 8.54. The summed E-state index contributed by atoms with van der Waals surface area (Å²) in [7, 11) is -4.44. The second-order valence-electron chi connectivity index (χ2n) is 12.6. The molecule has 0 aliphatic rings. The molecule has 10 nitrogen and oxygen atoms in total. The van der Waals surface area contributed by atoms with Crippen LogP contribution in [0.4, 0.5) is 0 Å². The zero-order valence-electron chi connectivity index (χ0n) is 33.0. The van der Waals surface area contributed by atoms with Gasteiger partial charge in [0.15, 0.2) is 6.10 Å². The van der Waals surface area contributed by atoms with E-state index in [4.69, 9.17) is 24.3 Å². The number of unbranched alkanes of at least 4 members (excludes halogenated alkanes) is 5. The third kappa shape index (κ3) is 37.2. The molecule has 3 atom stereocenters. The summed E-state index contributed by atoms with van der Waals surface area (Å²) in [5, 5.41) is 10.2. The molecular weight excluding hydrogens is 705 g/mol. The Balaban J connectivity index is 4.51. The predicted molar refractivity (Wildman–Crippen MR) is 221 cm³/mol. The molecule has 0 saturated heterocycles. The highest BCUT2D eigenvalue weighted by atomic mass is 31.2. The van der Waals surface area contributed by atoms with E-state index >= 15 is 0 Å². The Morgan fingerprint density at radius 3 is 1.81 bits per heavy atom. The van der Waals surface area contributed by atoms with E-state index in [0.29, 0.717) is 19.3 Å². The Kier molecular flexibility index (Phi) is 36.0. The molecule has 4 N–H and O–H groups in total. The highest BCUT2D eigenvalue weighted by Crippen LogP contribution is 2.43. The Hall–Kier alpha value is -3.11. The maximum atomic E-state index is 12.6. The second-order valence-corrected chi connectivity index (χ2v) is 14.1. The van der Waals surface area contributed by atoms with Gasteiger partial charge in [-0.15, -0.1) is 0 Å². The van der Waals surface area contributed by atoms with E-state index < -0.39 is 38.6 Å². The summed E-state index contributed by atoms with van der Waals surface area (Å²) >= 11 is 0. The molecule has 0 aliphatic heterocycles. The molecule has 0 aromatic rings. The lowest BCUT2D eigenvalue weighted by Crippen LogP contribution is -2.29. The average Bonchev–Trinajstić information content (AvgIpc) is 3.15. The number of carbonyl (C=O) groups is 2. The van der Waals surface area contributed by atoms with Crippen LogP contribution in [0.15, 0.2) is 97.2 Å². The number of hydrogen-bond acceptors (Lipinski definition) is 9. The Morgan fingerprint density at radius 2 is 1.22 bits per heavy atom. The van der Waals surface area contributed by atoms with E-state index in [0.717, 1.165) is 57.8 Å². The lowest BCUT2D eigenvalue weighted by molar-refractivity contribution is -0.161. The molecule has 0 radical (unpaired) electrons. The lowest BCUT2D eigenvalue weighted by Gasteiger charge is -2.20. The van der Waals surface area contributed by atoms with Crippen molar-refractivity contribution in [3.63, 3.8) is 0 Å². The molecule has 306 valence electrons. The summed E-state index contributed by atoms with van der Waals surface area (Å²) in [5.41, 5.74) is 5.32. The Labute approximate surface area is 326 Å². The van der Waals surface area contributed by atoms with Crippen molar-refractivity contribution in [2.24, 2.45) is 5.73 Å². The van der Waals surface area contributed by atoms with Gasteiger partial charge < -0.3 is 25.2 Å². The van der Waals surface area contributed by atoms with Gasteiger partial charge in [-0.25, -0.2) is 4.57 Å². The van der Waals surface area contributed by atoms with Crippen molar-refractivity contribution in [1.82, 2.24) is 0 Å². The number of nitrogens with two attached hydrogens (primary N) is 1. The topological polar surface area (TPSA) is 155 Å². The summed E-state index contributed by atoms with van der Waals surface area (Å²) in [5.74, 6) is -1.09. The number of rotatable bonds is 35. The molecule has 0 aromatic carbocycles. The van der Waals surface area contributed by atoms with Crippen molar-refractivity contribution in [2.45, 2.75) is 135 Å². The molecule has 0 bridgehead atoms. The Bertz CT molecular complexity index is 1220. The average molecular weight is 776 g/mol. The summed E-state index contributed by atoms with van der Waals surface area (Å²) in [6, 6.07) is 0. The molecule has 0 amide bonds. The SMILES string of the molecule is CC/C=C\C/C=C\C/C=C\C/C=C\C=C\C(O)CCCC(=O)O[C@H](COC(=O)CCCC/C=C\C/C=C\C/C=C\CCCCC)COP(=O)(O)OCCN. The summed E-state index contributed by atoms with van der Waals surface area (Å²) in [4.78, 5) is 34.8. The number of allylic oxidation sites excluding steroid dienone is 15. The summed E-state index contributed by atoms with van der Waals surface area (Å²) in [6.07, 6.45) is 44.7. The first-order valence-electron chi connectivity index (χ1n) is 19.8. The van der Waals surface area contributed by atoms with Gasteiger partial charge in [-0.3, -0.25) is 18.6 Å². The van der Waals surface area contributed by atoms with Gasteiger partial charge in [0.25, 0.3) is 0 Å². The Morgan fingerprint density at radius 1 is 0.667 bits per heavy atom. The van der Waals surface area contributed by atoms with Gasteiger partial charge in [0, 0.05) is 19.4 Å². The van der Waals surface area contributed by atoms with E-state index in [2.05, 4.69) is 86.8 Å². The maximum absolute atomic E-state index is 12.6. The van der Waals surface area contributed by atoms with Gasteiger partial charge in [0.1, 0.15) is 6.61 Å². The van der Waals surface area contributed by atoms with Gasteiger partial charge in [-0.2, -0.15) is 0 Å². The molecule has 11 heteroatoms. The van der Waals surface area contributed by atoms with E-state index in [9.17, 15) is 24.2 Å². The molecule has 0 saturated carbocycles. The highest BCUT2D eigenvalue weighted by Gasteiger charge is 2.26. The number of aliphatic hydroxyl groups is 1. The highest BCUT2D eigenvalue weighted by molar-refractivity contribution is 7.47. The molecule has 0 aliphatic carbocycles. The molecule has 0 spiro atoms. The fourth-order valence-electron chi connectivity index (χ4n) is 4.61. The number of esters is 2. The van der Waals surface area contributed by atoms with Crippen LogP contribution in [0.3, 0.4) is 0 Å². The van der Waals surface area contributed by atoms with Crippen LogP contribution in [0.5, 0.6) is 0 Å². The van der Waals surface area contributed by atoms with Crippen molar-refractivity contribution in [1.29, 1.82) is 0 Å². The first-order valence-corrected chi connectivity index (χ1v) is 21.3. The molecular formula is C43H70NO9P. The van der Waals surface area contributed by atoms with E-state index in [-0.39, 0.29) is 32.6 Å². The van der Waals surface area contributed by atoms with Crippen LogP contribution in [0, 0.1) is 0 Å². The van der Waals surface area contributed by atoms with Crippen molar-refractivity contribution in [2.75, 3.05) is 26.4 Å². The minimum atomic E-state index is -4.44. The molecule has 0 aromatic heterocycles. The second kappa shape index (κ2) is 38.2. The molecule has 2 unspecified atom stereocenters. The van der Waals surface area contributed by atoms with Crippen molar-refractivity contribution < 1.29 is 42.7 Å². The molecule has 0 rings (SSSR count). The largest absolute Gasteiger partial charge is 0.472 e. The number of phosphoric ester groups is 1. The van der Waals surface area contributed by atoms with Crippen LogP contribution in [0.25, 0.3) is 0 Å². The number of phosphoric acid groups is 1. The quantitative estimate of drug-likeness (QED) is 0.0186. The monoisotopic (exact) mass is 775 g/mol. The van der Waals surface area contributed by atoms with Gasteiger partial charge in [0.2, 0.25) is 0 Å². The van der Waals surface area contributed by atoms with Gasteiger partial charge in [-0.05, 0) is 83.5 Å². The van der Waals surface area contributed by atoms with Crippen molar-refractivity contribution in [3.05, 3.63) is 97.2 Å². The van der Waals surface area contributed by atoms with E-state index in [1.165, 1.54) is 19.3 Å². The van der Waals surface area contributed by atoms with Crippen molar-refractivity contribution >= 4 is 19.8 Å². The fraction of sp³-hybridized carbons (Fsp3) is 0.581. The molecule has 0 heterocycles. The summed E-state index contributed by atoms with van der Waals surface area (Å²) in [6.45, 7) is 3.27. The first kappa shape index (κ1) is 50.9. The van der Waals surface area contributed by atoms with Crippen LogP contribution in [0.1, 0.15) is 123 Å². The predicted octanol–water partition coefficient (Wildman–Crippen LogP) is 10.0. The van der Waals surface area contributed by atoms with Gasteiger partial charge >= 0.3 is 19.8 Å². The van der Waals surface area contributed by atoms with Crippen LogP contribution in [0.2, 0.25) is 0 Å². The zero-order chi connectivity index (χ0) is 39.8. The number of ether oxygens (including phenoxy) is 2. The maximum Gasteiger partial charge on any atom is 0.472 e. The first-order chi connectivity index (χ1) is 26.2. The number of carbonyl (C=O) groups excluding carboxylic acids is 2. The van der Waals surface area contributed by atoms with Crippen molar-refractivity contribution in [3.8, 4) is 0 Å². The third-order valence-electron chi connectivity index (χ3n) is 7.56. The van der Waals surface area contributed by atoms with Crippen LogP contribution < -0.4 is 5.73 Å². The minimum Gasteiger partial charge on any atom is -0.462 e. The molecule has 0 fully saturated rings. The number of aliphatic hydroxyl groups excluding tert-OH is 1. The van der Waals surface area contributed by atoms with Crippen LogP contribution in [-0.4, -0.2) is 60.5 Å². The van der Waals surface area contributed by atoms with E-state index in [1.807, 2.05) is 12.2 Å². The fourth-order valence-corrected chi connectivity index (χ4v) is 5.37.